The van der Waals surface area contributed by atoms with E-state index >= 15 is 0 Å². The van der Waals surface area contributed by atoms with E-state index in [0.717, 1.165) is 24.8 Å². The van der Waals surface area contributed by atoms with Gasteiger partial charge in [0.05, 0.1) is 0 Å². The van der Waals surface area contributed by atoms with Gasteiger partial charge in [0.1, 0.15) is 0 Å². The summed E-state index contributed by atoms with van der Waals surface area (Å²) in [6.45, 7) is 5.48. The Hall–Kier alpha value is -1.55. The Morgan fingerprint density at radius 2 is 2.00 bits per heavy atom. The minimum absolute atomic E-state index is 0.146. The lowest BCUT2D eigenvalue weighted by molar-refractivity contribution is 0.229. The van der Waals surface area contributed by atoms with Gasteiger partial charge in [0.25, 0.3) is 0 Å². The fourth-order valence-corrected chi connectivity index (χ4v) is 2.22. The van der Waals surface area contributed by atoms with Crippen LogP contribution in [0.2, 0.25) is 0 Å². The van der Waals surface area contributed by atoms with Gasteiger partial charge in [-0.3, -0.25) is 0 Å². The zero-order chi connectivity index (χ0) is 14.8. The highest BCUT2D eigenvalue weighted by Crippen LogP contribution is 2.09. The molecule has 4 heteroatoms. The van der Waals surface area contributed by atoms with E-state index in [1.165, 1.54) is 5.56 Å². The van der Waals surface area contributed by atoms with E-state index in [0.29, 0.717) is 19.0 Å². The summed E-state index contributed by atoms with van der Waals surface area (Å²) >= 11 is 0. The highest BCUT2D eigenvalue weighted by Gasteiger charge is 2.09. The topological polar surface area (TPSA) is 61.4 Å². The molecular weight excluding hydrogens is 252 g/mol. The van der Waals surface area contributed by atoms with Crippen molar-refractivity contribution in [1.82, 2.24) is 10.6 Å². The monoisotopic (exact) mass is 278 g/mol. The van der Waals surface area contributed by atoms with Crippen molar-refractivity contribution < 1.29 is 9.90 Å². The molecular formula is C16H26N2O2. The Morgan fingerprint density at radius 1 is 1.25 bits per heavy atom. The molecule has 1 aromatic rings. The van der Waals surface area contributed by atoms with Gasteiger partial charge < -0.3 is 15.7 Å². The molecule has 0 radical (unpaired) electrons. The summed E-state index contributed by atoms with van der Waals surface area (Å²) in [6.07, 6.45) is 2.84. The van der Waals surface area contributed by atoms with Crippen LogP contribution in [0.1, 0.15) is 37.3 Å². The van der Waals surface area contributed by atoms with Crippen molar-refractivity contribution in [2.75, 3.05) is 13.2 Å². The molecule has 112 valence electrons. The fourth-order valence-electron chi connectivity index (χ4n) is 2.22. The number of nitrogens with one attached hydrogen (secondary N) is 2. The molecule has 0 aliphatic heterocycles. The zero-order valence-electron chi connectivity index (χ0n) is 12.5. The summed E-state index contributed by atoms with van der Waals surface area (Å²) in [6, 6.07) is 7.87. The first-order chi connectivity index (χ1) is 9.67. The first kappa shape index (κ1) is 16.5. The molecule has 0 aliphatic carbocycles. The third-order valence-electron chi connectivity index (χ3n) is 3.49. The number of hydrogen-bond acceptors (Lipinski definition) is 2. The first-order valence-corrected chi connectivity index (χ1v) is 7.34. The molecule has 20 heavy (non-hydrogen) atoms. The van der Waals surface area contributed by atoms with E-state index in [1.54, 1.807) is 0 Å². The smallest absolute Gasteiger partial charge is 0.315 e. The average Bonchev–Trinajstić information content (AvgIpc) is 2.44. The second-order valence-electron chi connectivity index (χ2n) is 5.16. The molecule has 0 saturated heterocycles. The van der Waals surface area contributed by atoms with Gasteiger partial charge in [0.15, 0.2) is 0 Å². The lowest BCUT2D eigenvalue weighted by atomic mass is 10.0. The Bertz CT molecular complexity index is 401. The highest BCUT2D eigenvalue weighted by atomic mass is 16.3. The van der Waals surface area contributed by atoms with Crippen molar-refractivity contribution in [2.45, 2.75) is 39.7 Å². The number of aliphatic hydroxyl groups is 1. The van der Waals surface area contributed by atoms with E-state index < -0.39 is 0 Å². The van der Waals surface area contributed by atoms with Crippen molar-refractivity contribution in [1.29, 1.82) is 0 Å². The average molecular weight is 278 g/mol. The van der Waals surface area contributed by atoms with Crippen molar-refractivity contribution in [3.63, 3.8) is 0 Å². The summed E-state index contributed by atoms with van der Waals surface area (Å²) in [5, 5.41) is 14.7. The summed E-state index contributed by atoms with van der Waals surface area (Å²) in [7, 11) is 0. The molecule has 0 saturated carbocycles. The van der Waals surface area contributed by atoms with Crippen LogP contribution in [0.25, 0.3) is 0 Å². The standard InChI is InChI=1S/C16H26N2O2/c1-3-6-14(9-10-19)11-17-16(20)18-12-15-8-5-4-7-13(15)2/h4-5,7-8,14,19H,3,6,9-12H2,1-2H3,(H2,17,18,20). The van der Waals surface area contributed by atoms with Gasteiger partial charge in [0.2, 0.25) is 0 Å². The molecule has 3 N–H and O–H groups in total. The lowest BCUT2D eigenvalue weighted by Crippen LogP contribution is -2.38. The Labute approximate surface area is 121 Å². The number of aryl methyl sites for hydroxylation is 1. The van der Waals surface area contributed by atoms with Gasteiger partial charge >= 0.3 is 6.03 Å². The quantitative estimate of drug-likeness (QED) is 0.684. The van der Waals surface area contributed by atoms with Crippen LogP contribution in [0.3, 0.4) is 0 Å². The number of urea groups is 1. The second kappa shape index (κ2) is 9.37. The molecule has 0 bridgehead atoms. The fraction of sp³-hybridized carbons (Fsp3) is 0.562. The van der Waals surface area contributed by atoms with Crippen molar-refractivity contribution in [3.8, 4) is 0 Å². The molecule has 0 aromatic heterocycles. The number of aliphatic hydroxyl groups excluding tert-OH is 1. The lowest BCUT2D eigenvalue weighted by Gasteiger charge is -2.16. The van der Waals surface area contributed by atoms with Crippen LogP contribution < -0.4 is 10.6 Å². The van der Waals surface area contributed by atoms with Crippen LogP contribution >= 0.6 is 0 Å². The maximum absolute atomic E-state index is 11.8. The third kappa shape index (κ3) is 6.06. The number of benzene rings is 1. The van der Waals surface area contributed by atoms with Gasteiger partial charge in [-0.05, 0) is 36.8 Å². The van der Waals surface area contributed by atoms with Gasteiger partial charge in [-0.25, -0.2) is 4.79 Å². The number of amides is 2. The molecule has 1 unspecified atom stereocenters. The van der Waals surface area contributed by atoms with E-state index in [2.05, 4.69) is 17.6 Å². The minimum Gasteiger partial charge on any atom is -0.396 e. The molecule has 1 atom stereocenters. The van der Waals surface area contributed by atoms with Gasteiger partial charge in [-0.2, -0.15) is 0 Å². The van der Waals surface area contributed by atoms with Crippen molar-refractivity contribution in [2.24, 2.45) is 5.92 Å². The minimum atomic E-state index is -0.146. The maximum atomic E-state index is 11.8. The van der Waals surface area contributed by atoms with Crippen LogP contribution in [0.4, 0.5) is 4.79 Å². The molecule has 1 rings (SSSR count). The number of carbonyl (C=O) groups is 1. The molecule has 1 aromatic carbocycles. The molecule has 0 aliphatic rings. The third-order valence-corrected chi connectivity index (χ3v) is 3.49. The molecule has 0 heterocycles. The van der Waals surface area contributed by atoms with Gasteiger partial charge in [-0.1, -0.05) is 37.6 Å². The van der Waals surface area contributed by atoms with Crippen LogP contribution in [-0.4, -0.2) is 24.3 Å². The summed E-state index contributed by atoms with van der Waals surface area (Å²) in [5.74, 6) is 0.356. The zero-order valence-corrected chi connectivity index (χ0v) is 12.5. The van der Waals surface area contributed by atoms with Crippen molar-refractivity contribution >= 4 is 6.03 Å². The van der Waals surface area contributed by atoms with E-state index in [1.807, 2.05) is 31.2 Å². The van der Waals surface area contributed by atoms with Gasteiger partial charge in [0, 0.05) is 19.7 Å². The maximum Gasteiger partial charge on any atom is 0.315 e. The van der Waals surface area contributed by atoms with Crippen molar-refractivity contribution in [3.05, 3.63) is 35.4 Å². The molecule has 0 fully saturated rings. The molecule has 0 spiro atoms. The highest BCUT2D eigenvalue weighted by molar-refractivity contribution is 5.73. The first-order valence-electron chi connectivity index (χ1n) is 7.34. The van der Waals surface area contributed by atoms with E-state index in [9.17, 15) is 4.79 Å². The van der Waals surface area contributed by atoms with Crippen LogP contribution in [0.15, 0.2) is 24.3 Å². The molecule has 4 nitrogen and oxygen atoms in total. The number of rotatable bonds is 8. The predicted molar refractivity (Wildman–Crippen MR) is 81.5 cm³/mol. The summed E-state index contributed by atoms with van der Waals surface area (Å²) < 4.78 is 0. The van der Waals surface area contributed by atoms with E-state index in [-0.39, 0.29) is 12.6 Å². The summed E-state index contributed by atoms with van der Waals surface area (Å²) in [4.78, 5) is 11.8. The largest absolute Gasteiger partial charge is 0.396 e. The number of carbonyl (C=O) groups excluding carboxylic acids is 1. The Kier molecular flexibility index (Phi) is 7.73. The van der Waals surface area contributed by atoms with Crippen LogP contribution in [0, 0.1) is 12.8 Å². The number of hydrogen-bond donors (Lipinski definition) is 3. The summed E-state index contributed by atoms with van der Waals surface area (Å²) in [5.41, 5.74) is 2.31. The van der Waals surface area contributed by atoms with E-state index in [4.69, 9.17) is 5.11 Å². The van der Waals surface area contributed by atoms with Crippen LogP contribution in [-0.2, 0) is 6.54 Å². The normalized spacial score (nSPS) is 11.9. The Balaban J connectivity index is 2.31. The molecule has 2 amide bonds. The van der Waals surface area contributed by atoms with Crippen LogP contribution in [0.5, 0.6) is 0 Å². The second-order valence-corrected chi connectivity index (χ2v) is 5.16. The van der Waals surface area contributed by atoms with Gasteiger partial charge in [-0.15, -0.1) is 0 Å². The SMILES string of the molecule is CCCC(CCO)CNC(=O)NCc1ccccc1C. The Morgan fingerprint density at radius 3 is 2.65 bits per heavy atom. The predicted octanol–water partition coefficient (Wildman–Crippen LogP) is 2.59.